The molecule has 11 heteroatoms. The van der Waals surface area contributed by atoms with E-state index < -0.39 is 63.9 Å². The van der Waals surface area contributed by atoms with E-state index in [2.05, 4.69) is 5.32 Å². The first-order valence-corrected chi connectivity index (χ1v) is 13.2. The van der Waals surface area contributed by atoms with Crippen LogP contribution in [0.5, 0.6) is 5.75 Å². The first-order chi connectivity index (χ1) is 19.4. The number of amides is 1. The Hall–Kier alpha value is -3.96. The lowest BCUT2D eigenvalue weighted by Crippen LogP contribution is -2.43. The molecule has 2 heterocycles. The Balaban J connectivity index is 1.80. The summed E-state index contributed by atoms with van der Waals surface area (Å²) in [5.74, 6) is -4.90. The van der Waals surface area contributed by atoms with E-state index >= 15 is 0 Å². The van der Waals surface area contributed by atoms with Crippen molar-refractivity contribution in [2.75, 3.05) is 13.6 Å². The van der Waals surface area contributed by atoms with Gasteiger partial charge in [-0.1, -0.05) is 30.3 Å². The summed E-state index contributed by atoms with van der Waals surface area (Å²) in [7, 11) is 1.87. The van der Waals surface area contributed by atoms with Crippen LogP contribution in [-0.4, -0.2) is 52.0 Å². The Bertz CT molecular complexity index is 1470. The molecule has 1 saturated heterocycles. The summed E-state index contributed by atoms with van der Waals surface area (Å²) >= 11 is 0. The molecule has 8 nitrogen and oxygen atoms in total. The van der Waals surface area contributed by atoms with Crippen LogP contribution >= 0.6 is 0 Å². The maximum Gasteiger partial charge on any atom is 0.257 e. The Morgan fingerprint density at radius 3 is 2.49 bits per heavy atom. The number of hydrogen-bond donors (Lipinski definition) is 2. The molecule has 1 fully saturated rings. The van der Waals surface area contributed by atoms with E-state index in [1.54, 1.807) is 37.3 Å². The van der Waals surface area contributed by atoms with Gasteiger partial charge in [0.1, 0.15) is 35.3 Å². The maximum absolute atomic E-state index is 14.2. The second-order valence-corrected chi connectivity index (χ2v) is 10.6. The third kappa shape index (κ3) is 6.52. The highest BCUT2D eigenvalue weighted by Gasteiger charge is 2.39. The van der Waals surface area contributed by atoms with E-state index in [-0.39, 0.29) is 24.9 Å². The molecular formula is C30H32F3N3O5. The van der Waals surface area contributed by atoms with Crippen LogP contribution in [0.3, 0.4) is 0 Å². The number of carbonyl (C=O) groups is 2. The zero-order valence-electron chi connectivity index (χ0n) is 23.0. The summed E-state index contributed by atoms with van der Waals surface area (Å²) in [5.41, 5.74) is -2.76. The number of benzene rings is 2. The fourth-order valence-corrected chi connectivity index (χ4v) is 4.96. The Labute approximate surface area is 235 Å². The highest BCUT2D eigenvalue weighted by molar-refractivity contribution is 5.95. The Morgan fingerprint density at radius 1 is 1.20 bits per heavy atom. The molecule has 1 aromatic heterocycles. The fraction of sp³-hybridized carbons (Fsp3) is 0.367. The van der Waals surface area contributed by atoms with Crippen molar-refractivity contribution in [3.63, 3.8) is 0 Å². The van der Waals surface area contributed by atoms with Crippen molar-refractivity contribution in [2.45, 2.75) is 57.5 Å². The van der Waals surface area contributed by atoms with Gasteiger partial charge in [-0.05, 0) is 39.3 Å². The van der Waals surface area contributed by atoms with Gasteiger partial charge in [0.2, 0.25) is 5.43 Å². The highest BCUT2D eigenvalue weighted by atomic mass is 19.1. The van der Waals surface area contributed by atoms with Crippen molar-refractivity contribution in [3.8, 4) is 5.75 Å². The number of carbonyl (C=O) groups excluding carboxylic acids is 2. The number of ether oxygens (including phenoxy) is 1. The number of halogens is 3. The average molecular weight is 572 g/mol. The van der Waals surface area contributed by atoms with E-state index in [0.717, 1.165) is 6.20 Å². The number of nitrogens with one attached hydrogen (secondary N) is 1. The van der Waals surface area contributed by atoms with Gasteiger partial charge >= 0.3 is 0 Å². The second-order valence-electron chi connectivity index (χ2n) is 10.6. The number of aliphatic hydroxyl groups is 1. The molecule has 3 aromatic rings. The lowest BCUT2D eigenvalue weighted by atomic mass is 9.91. The number of likely N-dealkylation sites (tertiary alicyclic amines) is 1. The van der Waals surface area contributed by atoms with Gasteiger partial charge < -0.3 is 24.6 Å². The molecule has 218 valence electrons. The number of pyridine rings is 1. The molecule has 2 N–H and O–H groups in total. The maximum atomic E-state index is 14.2. The molecule has 1 aliphatic rings. The molecule has 3 atom stereocenters. The first kappa shape index (κ1) is 30.0. The van der Waals surface area contributed by atoms with Crippen molar-refractivity contribution in [1.82, 2.24) is 14.8 Å². The summed E-state index contributed by atoms with van der Waals surface area (Å²) in [5, 5.41) is 13.8. The van der Waals surface area contributed by atoms with Crippen LogP contribution in [0.15, 0.2) is 53.5 Å². The molecule has 2 aromatic carbocycles. The molecule has 1 amide bonds. The van der Waals surface area contributed by atoms with Crippen LogP contribution in [0, 0.1) is 17.5 Å². The van der Waals surface area contributed by atoms with E-state index in [4.69, 9.17) is 4.74 Å². The van der Waals surface area contributed by atoms with Gasteiger partial charge in [0.15, 0.2) is 12.0 Å². The van der Waals surface area contributed by atoms with Crippen LogP contribution in [0.1, 0.15) is 64.7 Å². The van der Waals surface area contributed by atoms with Crippen molar-refractivity contribution < 1.29 is 32.6 Å². The zero-order valence-corrected chi connectivity index (χ0v) is 23.0. The van der Waals surface area contributed by atoms with Gasteiger partial charge in [-0.25, -0.2) is 13.2 Å². The van der Waals surface area contributed by atoms with Crippen molar-refractivity contribution >= 4 is 12.2 Å². The first-order valence-electron chi connectivity index (χ1n) is 13.2. The molecule has 1 aliphatic heterocycles. The number of likely N-dealkylation sites (N-methyl/N-ethyl adjacent to an activating group) is 1. The van der Waals surface area contributed by atoms with Crippen LogP contribution in [0.4, 0.5) is 13.2 Å². The Morgan fingerprint density at radius 2 is 1.85 bits per heavy atom. The largest absolute Gasteiger partial charge is 0.483 e. The zero-order chi connectivity index (χ0) is 29.9. The lowest BCUT2D eigenvalue weighted by Gasteiger charge is -2.36. The van der Waals surface area contributed by atoms with Crippen molar-refractivity contribution in [3.05, 3.63) is 98.7 Å². The summed E-state index contributed by atoms with van der Waals surface area (Å²) in [4.78, 5) is 41.3. The SMILES string of the molecule is CC1CCC(C)(O)C(n2cc(C(=O)NCc3c(F)cc(F)cc3F)c(=O)c(OCc3ccccc3)c2C=O)CN1C. The van der Waals surface area contributed by atoms with Gasteiger partial charge in [-0.2, -0.15) is 0 Å². The molecule has 4 rings (SSSR count). The van der Waals surface area contributed by atoms with Gasteiger partial charge in [-0.15, -0.1) is 0 Å². The van der Waals surface area contributed by atoms with Crippen LogP contribution in [0.2, 0.25) is 0 Å². The molecule has 0 aliphatic carbocycles. The quantitative estimate of drug-likeness (QED) is 0.397. The minimum Gasteiger partial charge on any atom is -0.483 e. The summed E-state index contributed by atoms with van der Waals surface area (Å²) in [6.45, 7) is 3.15. The lowest BCUT2D eigenvalue weighted by molar-refractivity contribution is -0.00213. The van der Waals surface area contributed by atoms with E-state index in [1.165, 1.54) is 4.57 Å². The number of rotatable bonds is 8. The van der Waals surface area contributed by atoms with Crippen LogP contribution in [-0.2, 0) is 13.2 Å². The van der Waals surface area contributed by atoms with Crippen molar-refractivity contribution in [2.24, 2.45) is 0 Å². The van der Waals surface area contributed by atoms with E-state index in [0.29, 0.717) is 36.8 Å². The second kappa shape index (κ2) is 12.3. The molecular weight excluding hydrogens is 539 g/mol. The molecule has 0 saturated carbocycles. The van der Waals surface area contributed by atoms with E-state index in [9.17, 15) is 32.7 Å². The molecule has 0 bridgehead atoms. The smallest absolute Gasteiger partial charge is 0.257 e. The highest BCUT2D eigenvalue weighted by Crippen LogP contribution is 2.35. The third-order valence-corrected chi connectivity index (χ3v) is 7.68. The predicted molar refractivity (Wildman–Crippen MR) is 145 cm³/mol. The molecule has 41 heavy (non-hydrogen) atoms. The minimum absolute atomic E-state index is 0.0913. The van der Waals surface area contributed by atoms with Gasteiger partial charge in [0.05, 0.1) is 11.6 Å². The topological polar surface area (TPSA) is 101 Å². The normalized spacial score (nSPS) is 21.2. The van der Waals surface area contributed by atoms with Crippen LogP contribution in [0.25, 0.3) is 0 Å². The monoisotopic (exact) mass is 571 g/mol. The standard InChI is InChI=1S/C30H32F3N3O5/c1-18-9-10-30(2,40)26(15-35(18)3)36-14-22(29(39)34-13-21-23(32)11-20(31)12-24(21)33)27(38)28(25(36)16-37)41-17-19-7-5-4-6-8-19/h4-8,11-12,14,16,18,26,40H,9-10,13,15,17H2,1-3H3,(H,34,39). The van der Waals surface area contributed by atoms with E-state index in [1.807, 2.05) is 18.9 Å². The Kier molecular flexibility index (Phi) is 8.98. The predicted octanol–water partition coefficient (Wildman–Crippen LogP) is 3.99. The number of nitrogens with zero attached hydrogens (tertiary/aromatic N) is 2. The fourth-order valence-electron chi connectivity index (χ4n) is 4.96. The number of aldehydes is 1. The summed E-state index contributed by atoms with van der Waals surface area (Å²) < 4.78 is 48.9. The van der Waals surface area contributed by atoms with Gasteiger partial charge in [0.25, 0.3) is 5.91 Å². The van der Waals surface area contributed by atoms with Gasteiger partial charge in [0, 0.05) is 43.0 Å². The molecule has 0 spiro atoms. The molecule has 3 unspecified atom stereocenters. The summed E-state index contributed by atoms with van der Waals surface area (Å²) in [6, 6.07) is 9.18. The third-order valence-electron chi connectivity index (χ3n) is 7.68. The van der Waals surface area contributed by atoms with Crippen molar-refractivity contribution in [1.29, 1.82) is 0 Å². The van der Waals surface area contributed by atoms with Crippen LogP contribution < -0.4 is 15.5 Å². The summed E-state index contributed by atoms with van der Waals surface area (Å²) in [6.07, 6.45) is 2.64. The molecule has 0 radical (unpaired) electrons. The number of aromatic nitrogens is 1. The van der Waals surface area contributed by atoms with Gasteiger partial charge in [-0.3, -0.25) is 14.4 Å². The average Bonchev–Trinajstić information content (AvgIpc) is 3.02. The minimum atomic E-state index is -1.34. The number of hydrogen-bond acceptors (Lipinski definition) is 6.